The van der Waals surface area contributed by atoms with Gasteiger partial charge in [-0.1, -0.05) is 57.7 Å². The van der Waals surface area contributed by atoms with Gasteiger partial charge in [-0.05, 0) is 53.2 Å². The van der Waals surface area contributed by atoms with Crippen LogP contribution in [-0.2, 0) is 11.3 Å². The Balaban J connectivity index is 1.90. The minimum atomic E-state index is 0.170. The number of allylic oxidation sites excluding steroid dienone is 3. The van der Waals surface area contributed by atoms with Crippen LogP contribution in [0, 0.1) is 5.41 Å². The van der Waals surface area contributed by atoms with Crippen LogP contribution < -0.4 is 0 Å². The van der Waals surface area contributed by atoms with Gasteiger partial charge in [0.1, 0.15) is 0 Å². The quantitative estimate of drug-likeness (QED) is 0.341. The first-order chi connectivity index (χ1) is 14.8. The first-order valence-corrected chi connectivity index (χ1v) is 10.9. The van der Waals surface area contributed by atoms with Crippen molar-refractivity contribution in [2.24, 2.45) is 15.4 Å². The van der Waals surface area contributed by atoms with E-state index in [1.54, 1.807) is 7.05 Å². The summed E-state index contributed by atoms with van der Waals surface area (Å²) in [4.78, 5) is 10.8. The molecule has 0 bridgehead atoms. The molecule has 0 atom stereocenters. The summed E-state index contributed by atoms with van der Waals surface area (Å²) < 4.78 is 5.77. The van der Waals surface area contributed by atoms with E-state index in [2.05, 4.69) is 78.7 Å². The van der Waals surface area contributed by atoms with Crippen molar-refractivity contribution in [2.75, 3.05) is 20.2 Å². The van der Waals surface area contributed by atoms with Gasteiger partial charge in [-0.2, -0.15) is 0 Å². The van der Waals surface area contributed by atoms with E-state index >= 15 is 0 Å². The maximum atomic E-state index is 5.77. The number of benzene rings is 1. The van der Waals surface area contributed by atoms with Crippen molar-refractivity contribution >= 4 is 17.7 Å². The van der Waals surface area contributed by atoms with Gasteiger partial charge in [0, 0.05) is 45.2 Å². The molecular formula is C27H37N3O. The molecule has 0 aliphatic carbocycles. The molecule has 1 aliphatic heterocycles. The molecule has 0 amide bonds. The monoisotopic (exact) mass is 419 g/mol. The molecule has 4 heteroatoms. The van der Waals surface area contributed by atoms with Crippen LogP contribution in [-0.4, -0.2) is 37.2 Å². The third-order valence-electron chi connectivity index (χ3n) is 5.55. The van der Waals surface area contributed by atoms with Gasteiger partial charge in [0.2, 0.25) is 0 Å². The van der Waals surface area contributed by atoms with Gasteiger partial charge in [-0.3, -0.25) is 4.99 Å². The summed E-state index contributed by atoms with van der Waals surface area (Å²) in [7, 11) is 1.79. The Morgan fingerprint density at radius 2 is 1.97 bits per heavy atom. The highest BCUT2D eigenvalue weighted by Crippen LogP contribution is 2.23. The first kappa shape index (κ1) is 24.4. The van der Waals surface area contributed by atoms with Crippen molar-refractivity contribution in [3.63, 3.8) is 0 Å². The van der Waals surface area contributed by atoms with Gasteiger partial charge in [-0.25, -0.2) is 4.99 Å². The number of aliphatic imine (C=N–C) groups is 2. The van der Waals surface area contributed by atoms with Crippen LogP contribution in [0.1, 0.15) is 52.2 Å². The Labute approximate surface area is 188 Å². The molecule has 4 nitrogen and oxygen atoms in total. The van der Waals surface area contributed by atoms with E-state index in [-0.39, 0.29) is 5.41 Å². The van der Waals surface area contributed by atoms with Gasteiger partial charge in [0.25, 0.3) is 0 Å². The molecule has 0 saturated heterocycles. The third kappa shape index (κ3) is 7.71. The number of hydrogen-bond donors (Lipinski definition) is 0. The molecule has 0 saturated carbocycles. The van der Waals surface area contributed by atoms with Crippen molar-refractivity contribution in [3.8, 4) is 0 Å². The Hall–Kier alpha value is -2.88. The second-order valence-electron chi connectivity index (χ2n) is 8.67. The molecule has 1 aromatic rings. The molecule has 1 aromatic carbocycles. The molecule has 1 heterocycles. The summed E-state index contributed by atoms with van der Waals surface area (Å²) >= 11 is 0. The highest BCUT2D eigenvalue weighted by Gasteiger charge is 2.16. The third-order valence-corrected chi connectivity index (χ3v) is 5.55. The molecule has 0 spiro atoms. The van der Waals surface area contributed by atoms with Crippen molar-refractivity contribution in [1.29, 1.82) is 0 Å². The Morgan fingerprint density at radius 1 is 1.26 bits per heavy atom. The van der Waals surface area contributed by atoms with E-state index < -0.39 is 0 Å². The van der Waals surface area contributed by atoms with E-state index in [0.717, 1.165) is 30.8 Å². The molecule has 0 radical (unpaired) electrons. The smallest absolute Gasteiger partial charge is 0.184 e. The number of ether oxygens (including phenoxy) is 1. The van der Waals surface area contributed by atoms with Crippen LogP contribution >= 0.6 is 0 Å². The largest absolute Gasteiger partial charge is 0.480 e. The maximum Gasteiger partial charge on any atom is 0.184 e. The molecule has 0 fully saturated rings. The molecule has 0 N–H and O–H groups in total. The average molecular weight is 420 g/mol. The molecule has 166 valence electrons. The molecule has 31 heavy (non-hydrogen) atoms. The van der Waals surface area contributed by atoms with Gasteiger partial charge in [0.15, 0.2) is 5.90 Å². The second kappa shape index (κ2) is 11.5. The van der Waals surface area contributed by atoms with Crippen LogP contribution in [0.3, 0.4) is 0 Å². The fourth-order valence-corrected chi connectivity index (χ4v) is 3.09. The Bertz CT molecular complexity index is 899. The summed E-state index contributed by atoms with van der Waals surface area (Å²) in [5.41, 5.74) is 5.96. The van der Waals surface area contributed by atoms with Crippen molar-refractivity contribution in [2.45, 2.75) is 47.6 Å². The average Bonchev–Trinajstić information content (AvgIpc) is 3.10. The lowest BCUT2D eigenvalue weighted by molar-refractivity contribution is 0.164. The SMILES string of the molecule is C=C1C=C(/C=C\N=C(C)OCC(C)(C)CC)CN1Cc1ccc(/C(C=NC)=C/C)cc1. The van der Waals surface area contributed by atoms with Gasteiger partial charge >= 0.3 is 0 Å². The second-order valence-corrected chi connectivity index (χ2v) is 8.67. The number of hydrogen-bond acceptors (Lipinski definition) is 4. The van der Waals surface area contributed by atoms with Crippen LogP contribution in [0.5, 0.6) is 0 Å². The predicted molar refractivity (Wildman–Crippen MR) is 134 cm³/mol. The lowest BCUT2D eigenvalue weighted by Gasteiger charge is -2.22. The zero-order valence-electron chi connectivity index (χ0n) is 20.0. The normalized spacial score (nSPS) is 16.0. The van der Waals surface area contributed by atoms with E-state index in [1.165, 1.54) is 16.7 Å². The van der Waals surface area contributed by atoms with Gasteiger partial charge in [0.05, 0.1) is 6.61 Å². The fourth-order valence-electron chi connectivity index (χ4n) is 3.09. The lowest BCUT2D eigenvalue weighted by atomic mass is 9.92. The van der Waals surface area contributed by atoms with E-state index in [4.69, 9.17) is 4.74 Å². The standard InChI is InChI=1S/C27H37N3O/c1-8-25(17-28-7)26-12-10-23(11-13-26)18-30-19-24(16-21(30)3)14-15-29-22(4)31-20-27(5,6)9-2/h8,10-17H,3,9,18-20H2,1-2,4-7H3/b15-14-,25-8+,28-17?,29-22?. The van der Waals surface area contributed by atoms with Crippen molar-refractivity contribution < 1.29 is 4.74 Å². The maximum absolute atomic E-state index is 5.77. The summed E-state index contributed by atoms with van der Waals surface area (Å²) in [6.07, 6.45) is 11.0. The molecule has 0 aromatic heterocycles. The lowest BCUT2D eigenvalue weighted by Crippen LogP contribution is -2.19. The zero-order chi connectivity index (χ0) is 22.9. The van der Waals surface area contributed by atoms with E-state index in [0.29, 0.717) is 12.5 Å². The number of rotatable bonds is 9. The summed E-state index contributed by atoms with van der Waals surface area (Å²) in [5.74, 6) is 0.695. The number of nitrogens with zero attached hydrogens (tertiary/aromatic N) is 3. The van der Waals surface area contributed by atoms with Crippen LogP contribution in [0.15, 0.2) is 76.5 Å². The van der Waals surface area contributed by atoms with Crippen LogP contribution in [0.25, 0.3) is 5.57 Å². The van der Waals surface area contributed by atoms with E-state index in [9.17, 15) is 0 Å². The first-order valence-electron chi connectivity index (χ1n) is 10.9. The van der Waals surface area contributed by atoms with Crippen LogP contribution in [0.4, 0.5) is 0 Å². The van der Waals surface area contributed by atoms with Crippen molar-refractivity contribution in [1.82, 2.24) is 4.90 Å². The minimum Gasteiger partial charge on any atom is -0.480 e. The zero-order valence-corrected chi connectivity index (χ0v) is 20.0. The van der Waals surface area contributed by atoms with Crippen LogP contribution in [0.2, 0.25) is 0 Å². The minimum absolute atomic E-state index is 0.170. The predicted octanol–water partition coefficient (Wildman–Crippen LogP) is 6.43. The Morgan fingerprint density at radius 3 is 2.58 bits per heavy atom. The summed E-state index contributed by atoms with van der Waals surface area (Å²) in [6.45, 7) is 17.1. The Kier molecular flexibility index (Phi) is 9.04. The molecule has 1 aliphatic rings. The highest BCUT2D eigenvalue weighted by molar-refractivity contribution is 6.09. The molecular weight excluding hydrogens is 382 g/mol. The highest BCUT2D eigenvalue weighted by atomic mass is 16.5. The molecule has 2 rings (SSSR count). The van der Waals surface area contributed by atoms with Crippen molar-refractivity contribution in [3.05, 3.63) is 77.7 Å². The van der Waals surface area contributed by atoms with Gasteiger partial charge < -0.3 is 9.64 Å². The summed E-state index contributed by atoms with van der Waals surface area (Å²) in [5, 5.41) is 0. The topological polar surface area (TPSA) is 37.2 Å². The van der Waals surface area contributed by atoms with Gasteiger partial charge in [-0.15, -0.1) is 0 Å². The fraction of sp³-hybridized carbons (Fsp3) is 0.407. The molecule has 0 unspecified atom stereocenters. The summed E-state index contributed by atoms with van der Waals surface area (Å²) in [6, 6.07) is 8.64. The van der Waals surface area contributed by atoms with E-state index in [1.807, 2.05) is 32.3 Å².